The Morgan fingerprint density at radius 2 is 2.03 bits per heavy atom. The van der Waals surface area contributed by atoms with Crippen molar-refractivity contribution in [2.24, 2.45) is 7.05 Å². The Morgan fingerprint density at radius 1 is 1.20 bits per heavy atom. The number of carbonyl (C=O) groups is 1. The molecule has 0 aromatic carbocycles. The van der Waals surface area contributed by atoms with Crippen LogP contribution < -0.4 is 10.7 Å². The first-order valence-electron chi connectivity index (χ1n) is 9.70. The summed E-state index contributed by atoms with van der Waals surface area (Å²) < 4.78 is 3.52. The second-order valence-corrected chi connectivity index (χ2v) is 7.08. The van der Waals surface area contributed by atoms with Gasteiger partial charge in [0.15, 0.2) is 0 Å². The molecule has 0 aliphatic rings. The number of hydrogen-bond acceptors (Lipinski definition) is 5. The average Bonchev–Trinajstić information content (AvgIpc) is 3.18. The van der Waals surface area contributed by atoms with Crippen LogP contribution in [0.25, 0.3) is 22.3 Å². The molecule has 4 rings (SSSR count). The summed E-state index contributed by atoms with van der Waals surface area (Å²) in [6.45, 7) is 4.66. The molecule has 8 heteroatoms. The second kappa shape index (κ2) is 7.90. The molecule has 1 N–H and O–H groups in total. The van der Waals surface area contributed by atoms with Gasteiger partial charge in [0.25, 0.3) is 5.91 Å². The third-order valence-electron chi connectivity index (χ3n) is 4.95. The quantitative estimate of drug-likeness (QED) is 0.553. The minimum Gasteiger partial charge on any atom is -0.348 e. The molecule has 4 aromatic heterocycles. The molecule has 0 radical (unpaired) electrons. The van der Waals surface area contributed by atoms with Gasteiger partial charge in [-0.15, -0.1) is 0 Å². The zero-order valence-electron chi connectivity index (χ0n) is 17.1. The van der Waals surface area contributed by atoms with E-state index < -0.39 is 5.91 Å². The van der Waals surface area contributed by atoms with E-state index in [9.17, 15) is 9.59 Å². The van der Waals surface area contributed by atoms with E-state index in [0.29, 0.717) is 17.6 Å². The molecule has 0 saturated carbocycles. The summed E-state index contributed by atoms with van der Waals surface area (Å²) in [5.41, 5.74) is 3.64. The maximum absolute atomic E-state index is 12.9. The number of carbonyl (C=O) groups excluding carboxylic acids is 1. The monoisotopic (exact) mass is 402 g/mol. The average molecular weight is 402 g/mol. The van der Waals surface area contributed by atoms with E-state index in [1.54, 1.807) is 35.4 Å². The number of hydrogen-bond donors (Lipinski definition) is 1. The van der Waals surface area contributed by atoms with Gasteiger partial charge in [0, 0.05) is 50.0 Å². The molecule has 0 aliphatic heterocycles. The van der Waals surface area contributed by atoms with Crippen LogP contribution in [-0.2, 0) is 20.1 Å². The third-order valence-corrected chi connectivity index (χ3v) is 4.95. The van der Waals surface area contributed by atoms with E-state index in [1.165, 1.54) is 0 Å². The summed E-state index contributed by atoms with van der Waals surface area (Å²) >= 11 is 0. The van der Waals surface area contributed by atoms with Crippen molar-refractivity contribution in [2.45, 2.75) is 26.9 Å². The summed E-state index contributed by atoms with van der Waals surface area (Å²) in [6.07, 6.45) is 6.88. The molecule has 1 amide bonds. The van der Waals surface area contributed by atoms with Crippen LogP contribution in [0, 0.1) is 6.92 Å². The maximum atomic E-state index is 12.9. The predicted molar refractivity (Wildman–Crippen MR) is 114 cm³/mol. The van der Waals surface area contributed by atoms with Crippen molar-refractivity contribution in [3.63, 3.8) is 0 Å². The second-order valence-electron chi connectivity index (χ2n) is 7.08. The van der Waals surface area contributed by atoms with Gasteiger partial charge in [0.05, 0.1) is 17.3 Å². The molecule has 0 aliphatic carbocycles. The number of pyridine rings is 3. The molecular formula is C22H22N6O2. The lowest BCUT2D eigenvalue weighted by Gasteiger charge is -2.12. The van der Waals surface area contributed by atoms with E-state index in [4.69, 9.17) is 0 Å². The molecule has 0 atom stereocenters. The van der Waals surface area contributed by atoms with Crippen LogP contribution in [0.5, 0.6) is 0 Å². The lowest BCUT2D eigenvalue weighted by atomic mass is 10.1. The van der Waals surface area contributed by atoms with Gasteiger partial charge >= 0.3 is 0 Å². The van der Waals surface area contributed by atoms with Crippen molar-refractivity contribution in [1.82, 2.24) is 29.6 Å². The lowest BCUT2D eigenvalue weighted by molar-refractivity contribution is 0.0949. The molecule has 8 nitrogen and oxygen atoms in total. The van der Waals surface area contributed by atoms with Crippen LogP contribution in [0.3, 0.4) is 0 Å². The van der Waals surface area contributed by atoms with Gasteiger partial charge in [-0.05, 0) is 37.6 Å². The molecular weight excluding hydrogens is 380 g/mol. The van der Waals surface area contributed by atoms with E-state index in [0.717, 1.165) is 22.5 Å². The molecule has 0 unspecified atom stereocenters. The third kappa shape index (κ3) is 3.59. The predicted octanol–water partition coefficient (Wildman–Crippen LogP) is 2.45. The number of rotatable bonds is 5. The minimum atomic E-state index is -0.425. The SMILES string of the molecule is CCn1cc(C(=O)NCc2cccnc2-c2cnn(C)c2)c(=O)c2ccc(C)nc21. The largest absolute Gasteiger partial charge is 0.348 e. The van der Waals surface area contributed by atoms with Gasteiger partial charge in [0.1, 0.15) is 11.2 Å². The molecule has 0 bridgehead atoms. The van der Waals surface area contributed by atoms with Crippen molar-refractivity contribution in [3.05, 3.63) is 76.1 Å². The Hall–Kier alpha value is -3.81. The molecule has 152 valence electrons. The van der Waals surface area contributed by atoms with E-state index >= 15 is 0 Å². The fraction of sp³-hybridized carbons (Fsp3) is 0.227. The molecule has 0 spiro atoms. The lowest BCUT2D eigenvalue weighted by Crippen LogP contribution is -2.30. The molecule has 0 saturated heterocycles. The molecule has 30 heavy (non-hydrogen) atoms. The number of aryl methyl sites for hydroxylation is 3. The molecule has 4 heterocycles. The number of amides is 1. The molecule has 4 aromatic rings. The highest BCUT2D eigenvalue weighted by Crippen LogP contribution is 2.20. The van der Waals surface area contributed by atoms with Crippen LogP contribution in [0.2, 0.25) is 0 Å². The van der Waals surface area contributed by atoms with Gasteiger partial charge in [0.2, 0.25) is 5.43 Å². The highest BCUT2D eigenvalue weighted by molar-refractivity contribution is 5.96. The zero-order valence-corrected chi connectivity index (χ0v) is 17.1. The summed E-state index contributed by atoms with van der Waals surface area (Å²) in [6, 6.07) is 7.22. The first-order valence-corrected chi connectivity index (χ1v) is 9.70. The number of nitrogens with one attached hydrogen (secondary N) is 1. The van der Waals surface area contributed by atoms with Crippen LogP contribution in [0.1, 0.15) is 28.5 Å². The number of aromatic nitrogens is 5. The Bertz CT molecular complexity index is 1300. The highest BCUT2D eigenvalue weighted by Gasteiger charge is 2.17. The van der Waals surface area contributed by atoms with Gasteiger partial charge < -0.3 is 9.88 Å². The summed E-state index contributed by atoms with van der Waals surface area (Å²) in [5.74, 6) is -0.425. The van der Waals surface area contributed by atoms with E-state index in [2.05, 4.69) is 20.4 Å². The van der Waals surface area contributed by atoms with Gasteiger partial charge in [-0.1, -0.05) is 6.07 Å². The van der Waals surface area contributed by atoms with Crippen molar-refractivity contribution < 1.29 is 4.79 Å². The Balaban J connectivity index is 1.65. The van der Waals surface area contributed by atoms with Crippen LogP contribution in [0.15, 0.2) is 53.8 Å². The Morgan fingerprint density at radius 3 is 2.77 bits per heavy atom. The first kappa shape index (κ1) is 19.5. The summed E-state index contributed by atoms with van der Waals surface area (Å²) in [4.78, 5) is 34.7. The topological polar surface area (TPSA) is 94.7 Å². The van der Waals surface area contributed by atoms with Crippen LogP contribution in [-0.4, -0.2) is 30.2 Å². The zero-order chi connectivity index (χ0) is 21.3. The van der Waals surface area contributed by atoms with Crippen LogP contribution >= 0.6 is 0 Å². The fourth-order valence-electron chi connectivity index (χ4n) is 3.42. The van der Waals surface area contributed by atoms with E-state index in [-0.39, 0.29) is 17.5 Å². The number of fused-ring (bicyclic) bond motifs is 1. The van der Waals surface area contributed by atoms with Crippen molar-refractivity contribution in [1.29, 1.82) is 0 Å². The summed E-state index contributed by atoms with van der Waals surface area (Å²) in [7, 11) is 1.84. The fourth-order valence-corrected chi connectivity index (χ4v) is 3.42. The maximum Gasteiger partial charge on any atom is 0.257 e. The normalized spacial score (nSPS) is 11.0. The Labute approximate surface area is 173 Å². The van der Waals surface area contributed by atoms with Crippen molar-refractivity contribution in [2.75, 3.05) is 0 Å². The van der Waals surface area contributed by atoms with Crippen LogP contribution in [0.4, 0.5) is 0 Å². The standard InChI is InChI=1S/C22H22N6O2/c1-4-28-13-18(20(29)17-8-7-14(2)26-21(17)28)22(30)24-10-15-6-5-9-23-19(15)16-11-25-27(3)12-16/h5-9,11-13H,4,10H2,1-3H3,(H,24,30). The van der Waals surface area contributed by atoms with Gasteiger partial charge in [-0.25, -0.2) is 4.98 Å². The smallest absolute Gasteiger partial charge is 0.257 e. The summed E-state index contributed by atoms with van der Waals surface area (Å²) in [5, 5.41) is 7.48. The minimum absolute atomic E-state index is 0.0989. The Kier molecular flexibility index (Phi) is 5.14. The molecule has 0 fully saturated rings. The van der Waals surface area contributed by atoms with Crippen molar-refractivity contribution >= 4 is 16.9 Å². The van der Waals surface area contributed by atoms with E-state index in [1.807, 2.05) is 43.8 Å². The highest BCUT2D eigenvalue weighted by atomic mass is 16.2. The first-order chi connectivity index (χ1) is 14.5. The number of nitrogens with zero attached hydrogens (tertiary/aromatic N) is 5. The van der Waals surface area contributed by atoms with Gasteiger partial charge in [-0.3, -0.25) is 19.3 Å². The van der Waals surface area contributed by atoms with Crippen molar-refractivity contribution in [3.8, 4) is 11.3 Å². The van der Waals surface area contributed by atoms with Gasteiger partial charge in [-0.2, -0.15) is 5.10 Å².